The Labute approximate surface area is 172 Å². The summed E-state index contributed by atoms with van der Waals surface area (Å²) in [5.74, 6) is 0.659. The van der Waals surface area contributed by atoms with Crippen LogP contribution in [0.4, 0.5) is 5.69 Å². The van der Waals surface area contributed by atoms with Crippen LogP contribution in [0.5, 0.6) is 0 Å². The fourth-order valence-electron chi connectivity index (χ4n) is 2.67. The Hall–Kier alpha value is -2.37. The number of aliphatic hydroxyl groups excluding tert-OH is 1. The molecule has 1 aromatic carbocycles. The number of aliphatic hydroxyl groups is 1. The van der Waals surface area contributed by atoms with Crippen molar-refractivity contribution >= 4 is 28.8 Å². The van der Waals surface area contributed by atoms with Crippen molar-refractivity contribution in [1.29, 1.82) is 0 Å². The molecule has 6 heteroatoms. The van der Waals surface area contributed by atoms with Crippen molar-refractivity contribution in [3.8, 4) is 0 Å². The Morgan fingerprint density at radius 2 is 1.93 bits per heavy atom. The molecule has 0 saturated heterocycles. The molecule has 0 aromatic heterocycles. The number of nitrogens with zero attached hydrogens (tertiary/aromatic N) is 2. The first-order chi connectivity index (χ1) is 13.5. The number of aliphatic imine (C=N–C) groups is 1. The summed E-state index contributed by atoms with van der Waals surface area (Å²) in [4.78, 5) is 4.53. The van der Waals surface area contributed by atoms with Crippen LogP contribution < -0.4 is 10.7 Å². The zero-order valence-corrected chi connectivity index (χ0v) is 17.6. The van der Waals surface area contributed by atoms with Gasteiger partial charge in [-0.2, -0.15) is 5.10 Å². The molecular weight excluding hydrogens is 372 g/mol. The molecule has 0 amide bonds. The highest BCUT2D eigenvalue weighted by atomic mass is 35.5. The summed E-state index contributed by atoms with van der Waals surface area (Å²) in [6.45, 7) is 5.98. The van der Waals surface area contributed by atoms with Gasteiger partial charge in [-0.3, -0.25) is 5.43 Å². The second-order valence-corrected chi connectivity index (χ2v) is 7.10. The minimum Gasteiger partial charge on any atom is -0.396 e. The van der Waals surface area contributed by atoms with Gasteiger partial charge in [0.25, 0.3) is 0 Å². The van der Waals surface area contributed by atoms with E-state index in [4.69, 9.17) is 11.6 Å². The van der Waals surface area contributed by atoms with Crippen molar-refractivity contribution in [2.75, 3.05) is 11.9 Å². The number of rotatable bonds is 8. The van der Waals surface area contributed by atoms with Crippen LogP contribution in [0.3, 0.4) is 0 Å². The minimum atomic E-state index is 0.0291. The summed E-state index contributed by atoms with van der Waals surface area (Å²) in [7, 11) is 0. The van der Waals surface area contributed by atoms with Crippen LogP contribution >= 0.6 is 11.6 Å². The van der Waals surface area contributed by atoms with Crippen molar-refractivity contribution in [3.63, 3.8) is 0 Å². The second kappa shape index (κ2) is 11.5. The molecule has 0 bridgehead atoms. The summed E-state index contributed by atoms with van der Waals surface area (Å²) in [6.07, 6.45) is 8.94. The zero-order valence-electron chi connectivity index (χ0n) is 16.8. The molecule has 1 aliphatic rings. The highest BCUT2D eigenvalue weighted by Gasteiger charge is 2.07. The number of allylic oxidation sites excluding steroid dienone is 4. The molecule has 0 radical (unpaired) electrons. The molecule has 28 heavy (non-hydrogen) atoms. The van der Waals surface area contributed by atoms with E-state index in [1.165, 1.54) is 5.56 Å². The fourth-order valence-corrected chi connectivity index (χ4v) is 2.83. The van der Waals surface area contributed by atoms with E-state index >= 15 is 0 Å². The van der Waals surface area contributed by atoms with Gasteiger partial charge in [0, 0.05) is 29.9 Å². The number of halogens is 1. The van der Waals surface area contributed by atoms with Gasteiger partial charge in [0.2, 0.25) is 0 Å². The number of nitrogens with one attached hydrogen (secondary N) is 2. The highest BCUT2D eigenvalue weighted by Crippen LogP contribution is 2.21. The number of aryl methyl sites for hydroxylation is 1. The van der Waals surface area contributed by atoms with Crippen molar-refractivity contribution in [3.05, 3.63) is 64.5 Å². The summed E-state index contributed by atoms with van der Waals surface area (Å²) >= 11 is 6.00. The third-order valence-corrected chi connectivity index (χ3v) is 4.71. The molecule has 3 N–H and O–H groups in total. The van der Waals surface area contributed by atoms with Crippen LogP contribution in [0.2, 0.25) is 0 Å². The van der Waals surface area contributed by atoms with Crippen molar-refractivity contribution < 1.29 is 5.11 Å². The summed E-state index contributed by atoms with van der Waals surface area (Å²) in [5, 5.41) is 17.8. The number of benzene rings is 1. The number of hydrogen-bond acceptors (Lipinski definition) is 4. The molecular formula is C22H29ClN4O. The second-order valence-electron chi connectivity index (χ2n) is 6.62. The zero-order chi connectivity index (χ0) is 20.4. The molecule has 0 fully saturated rings. The smallest absolute Gasteiger partial charge is 0.119 e. The van der Waals surface area contributed by atoms with E-state index in [1.54, 1.807) is 0 Å². The van der Waals surface area contributed by atoms with E-state index in [-0.39, 0.29) is 6.61 Å². The van der Waals surface area contributed by atoms with Crippen molar-refractivity contribution in [2.45, 2.75) is 46.5 Å². The Morgan fingerprint density at radius 3 is 2.54 bits per heavy atom. The van der Waals surface area contributed by atoms with E-state index < -0.39 is 0 Å². The maximum Gasteiger partial charge on any atom is 0.119 e. The van der Waals surface area contributed by atoms with E-state index in [9.17, 15) is 5.11 Å². The number of anilines is 1. The Kier molecular flexibility index (Phi) is 8.98. The van der Waals surface area contributed by atoms with Crippen LogP contribution in [0, 0.1) is 0 Å². The first kappa shape index (κ1) is 21.9. The molecule has 5 nitrogen and oxygen atoms in total. The van der Waals surface area contributed by atoms with Gasteiger partial charge < -0.3 is 10.4 Å². The van der Waals surface area contributed by atoms with E-state index in [0.717, 1.165) is 47.0 Å². The molecule has 1 aliphatic carbocycles. The van der Waals surface area contributed by atoms with Crippen LogP contribution in [-0.4, -0.2) is 23.3 Å². The normalized spacial score (nSPS) is 15.8. The lowest BCUT2D eigenvalue weighted by atomic mass is 10.0. The number of amidine groups is 1. The molecule has 150 valence electrons. The molecule has 0 unspecified atom stereocenters. The van der Waals surface area contributed by atoms with Crippen molar-refractivity contribution in [2.24, 2.45) is 10.1 Å². The predicted molar refractivity (Wildman–Crippen MR) is 120 cm³/mol. The van der Waals surface area contributed by atoms with Crippen LogP contribution in [0.1, 0.15) is 45.6 Å². The standard InChI is InChI=1S/C22H29ClN4O/c1-4-18-5-11-21(12-6-18)24-15-22(13-14-28)25-17(3)27-26-16(2)19-7-9-20(23)10-8-19/h5-7,9,11-12,15,24,28H,4,8,10,13-14H2,1-3H3,(H,25,27)/b22-15-,26-16-. The van der Waals surface area contributed by atoms with Crippen molar-refractivity contribution in [1.82, 2.24) is 5.43 Å². The maximum absolute atomic E-state index is 9.32. The van der Waals surface area contributed by atoms with E-state index in [1.807, 2.05) is 44.3 Å². The van der Waals surface area contributed by atoms with Gasteiger partial charge in [0.05, 0.1) is 11.4 Å². The first-order valence-corrected chi connectivity index (χ1v) is 9.96. The summed E-state index contributed by atoms with van der Waals surface area (Å²) < 4.78 is 0. The van der Waals surface area contributed by atoms with E-state index in [2.05, 4.69) is 39.9 Å². The third kappa shape index (κ3) is 7.33. The molecule has 0 saturated carbocycles. The Morgan fingerprint density at radius 1 is 1.18 bits per heavy atom. The molecule has 0 heterocycles. The lowest BCUT2D eigenvalue weighted by Crippen LogP contribution is -2.17. The Balaban J connectivity index is 2.01. The molecule has 0 atom stereocenters. The van der Waals surface area contributed by atoms with Gasteiger partial charge in [-0.25, -0.2) is 4.99 Å². The predicted octanol–water partition coefficient (Wildman–Crippen LogP) is 5.11. The molecule has 1 aromatic rings. The third-order valence-electron chi connectivity index (χ3n) is 4.40. The lowest BCUT2D eigenvalue weighted by Gasteiger charge is -2.11. The SMILES string of the molecule is CCc1ccc(N/C=C(/CCO)N=C(C)N/N=C(/C)C2=CC=C(Cl)CC2)cc1. The van der Waals surface area contributed by atoms with Crippen LogP contribution in [0.25, 0.3) is 0 Å². The fraction of sp³-hybridized carbons (Fsp3) is 0.364. The average Bonchev–Trinajstić information content (AvgIpc) is 2.71. The largest absolute Gasteiger partial charge is 0.396 e. The highest BCUT2D eigenvalue weighted by molar-refractivity contribution is 6.29. The quantitative estimate of drug-likeness (QED) is 0.322. The van der Waals surface area contributed by atoms with Crippen LogP contribution in [0.15, 0.2) is 69.0 Å². The monoisotopic (exact) mass is 400 g/mol. The average molecular weight is 401 g/mol. The van der Waals surface area contributed by atoms with Gasteiger partial charge in [0.15, 0.2) is 0 Å². The lowest BCUT2D eigenvalue weighted by molar-refractivity contribution is 0.299. The maximum atomic E-state index is 9.32. The summed E-state index contributed by atoms with van der Waals surface area (Å²) in [5.41, 5.74) is 8.08. The summed E-state index contributed by atoms with van der Waals surface area (Å²) in [6, 6.07) is 8.26. The van der Waals surface area contributed by atoms with Gasteiger partial charge >= 0.3 is 0 Å². The van der Waals surface area contributed by atoms with Gasteiger partial charge in [0.1, 0.15) is 5.84 Å². The van der Waals surface area contributed by atoms with Gasteiger partial charge in [-0.1, -0.05) is 36.7 Å². The van der Waals surface area contributed by atoms with Gasteiger partial charge in [-0.05, 0) is 62.5 Å². The topological polar surface area (TPSA) is 69.0 Å². The van der Waals surface area contributed by atoms with Crippen LogP contribution in [-0.2, 0) is 6.42 Å². The molecule has 0 aliphatic heterocycles. The number of hydrogen-bond donors (Lipinski definition) is 3. The minimum absolute atomic E-state index is 0.0291. The first-order valence-electron chi connectivity index (χ1n) is 9.58. The number of hydrazone groups is 1. The van der Waals surface area contributed by atoms with E-state index in [0.29, 0.717) is 12.3 Å². The molecule has 0 spiro atoms. The Bertz CT molecular complexity index is 804. The molecule has 2 rings (SSSR count). The van der Waals surface area contributed by atoms with Gasteiger partial charge in [-0.15, -0.1) is 0 Å².